The normalized spacial score (nSPS) is 18.3. The number of aromatic nitrogens is 3. The van der Waals surface area contributed by atoms with Gasteiger partial charge in [0.05, 0.1) is 21.1 Å². The van der Waals surface area contributed by atoms with Crippen molar-refractivity contribution in [3.63, 3.8) is 0 Å². The highest BCUT2D eigenvalue weighted by atomic mass is 79.9. The lowest BCUT2D eigenvalue weighted by atomic mass is 10.0. The first-order chi connectivity index (χ1) is 18.1. The molecule has 8 heteroatoms. The van der Waals surface area contributed by atoms with Gasteiger partial charge in [-0.1, -0.05) is 85.1 Å². The van der Waals surface area contributed by atoms with Gasteiger partial charge in [-0.2, -0.15) is 8.75 Å². The van der Waals surface area contributed by atoms with E-state index in [2.05, 4.69) is 69.9 Å². The van der Waals surface area contributed by atoms with Crippen LogP contribution in [-0.2, 0) is 0 Å². The Labute approximate surface area is 243 Å². The van der Waals surface area contributed by atoms with Crippen molar-refractivity contribution < 1.29 is 0 Å². The minimum Gasteiger partial charge on any atom is -0.252 e. The zero-order valence-electron chi connectivity index (χ0n) is 22.5. The number of halogens is 1. The predicted molar refractivity (Wildman–Crippen MR) is 171 cm³/mol. The average molecular weight is 633 g/mol. The fourth-order valence-corrected chi connectivity index (χ4v) is 17.6. The molecule has 2 atom stereocenters. The Morgan fingerprint density at radius 1 is 0.892 bits per heavy atom. The Morgan fingerprint density at radius 2 is 1.57 bits per heavy atom. The summed E-state index contributed by atoms with van der Waals surface area (Å²) in [5, 5.41) is 5.83. The lowest BCUT2D eigenvalue weighted by molar-refractivity contribution is 0.469. The molecule has 3 nitrogen and oxygen atoms in total. The van der Waals surface area contributed by atoms with Crippen LogP contribution in [0.25, 0.3) is 31.4 Å². The number of unbranched alkanes of at least 4 members (excludes halogenated alkanes) is 2. The molecule has 0 aromatic carbocycles. The average Bonchev–Trinajstić information content (AvgIpc) is 3.69. The second-order valence-electron chi connectivity index (χ2n) is 10.8. The van der Waals surface area contributed by atoms with Gasteiger partial charge in [-0.05, 0) is 61.7 Å². The Morgan fingerprint density at radius 3 is 2.22 bits per heavy atom. The van der Waals surface area contributed by atoms with Gasteiger partial charge in [0.1, 0.15) is 24.8 Å². The maximum absolute atomic E-state index is 4.87. The summed E-state index contributed by atoms with van der Waals surface area (Å²) >= 11 is 8.83. The molecule has 4 aromatic heterocycles. The van der Waals surface area contributed by atoms with E-state index in [1.807, 2.05) is 28.9 Å². The van der Waals surface area contributed by atoms with Gasteiger partial charge in [0.15, 0.2) is 0 Å². The van der Waals surface area contributed by atoms with Crippen LogP contribution in [0.5, 0.6) is 0 Å². The molecule has 5 rings (SSSR count). The Kier molecular flexibility index (Phi) is 9.01. The first kappa shape index (κ1) is 27.6. The highest BCUT2D eigenvalue weighted by Gasteiger charge is 2.49. The second kappa shape index (κ2) is 12.1. The van der Waals surface area contributed by atoms with Crippen molar-refractivity contribution in [1.82, 2.24) is 13.7 Å². The van der Waals surface area contributed by atoms with Gasteiger partial charge in [-0.3, -0.25) is 4.98 Å². The van der Waals surface area contributed by atoms with Gasteiger partial charge in [0.2, 0.25) is 0 Å². The molecule has 1 aliphatic rings. The molecule has 4 aromatic rings. The maximum atomic E-state index is 4.87. The van der Waals surface area contributed by atoms with E-state index in [0.29, 0.717) is 0 Å². The van der Waals surface area contributed by atoms with Crippen LogP contribution in [0.4, 0.5) is 0 Å². The molecule has 0 fully saturated rings. The summed E-state index contributed by atoms with van der Waals surface area (Å²) in [6.07, 6.45) is 12.5. The summed E-state index contributed by atoms with van der Waals surface area (Å²) in [6.45, 7) is 9.54. The molecular formula is C29H38BrN3S3Si. The van der Waals surface area contributed by atoms with E-state index >= 15 is 0 Å². The number of hydrogen-bond acceptors (Lipinski definition) is 6. The molecule has 0 spiro atoms. The summed E-state index contributed by atoms with van der Waals surface area (Å²) in [4.78, 5) is 9.26. The lowest BCUT2D eigenvalue weighted by Gasteiger charge is -2.35. The number of pyridine rings is 1. The van der Waals surface area contributed by atoms with Crippen molar-refractivity contribution in [2.24, 2.45) is 11.8 Å². The number of fused-ring (bicyclic) bond motifs is 4. The zero-order valence-corrected chi connectivity index (χ0v) is 27.5. The Balaban J connectivity index is 1.64. The van der Waals surface area contributed by atoms with Gasteiger partial charge in [0, 0.05) is 16.0 Å². The Hall–Kier alpha value is -0.933. The largest absolute Gasteiger partial charge is 0.252 e. The Bertz CT molecular complexity index is 1330. The predicted octanol–water partition coefficient (Wildman–Crippen LogP) is 9.61. The lowest BCUT2D eigenvalue weighted by Crippen LogP contribution is -2.56. The molecule has 0 aliphatic carbocycles. The molecule has 37 heavy (non-hydrogen) atoms. The molecule has 198 valence electrons. The minimum absolute atomic E-state index is 0.817. The van der Waals surface area contributed by atoms with Gasteiger partial charge < -0.3 is 0 Å². The second-order valence-corrected chi connectivity index (χ2v) is 18.2. The van der Waals surface area contributed by atoms with Crippen molar-refractivity contribution in [2.45, 2.75) is 91.1 Å². The van der Waals surface area contributed by atoms with E-state index in [-0.39, 0.29) is 0 Å². The molecule has 5 heterocycles. The van der Waals surface area contributed by atoms with Gasteiger partial charge >= 0.3 is 0 Å². The van der Waals surface area contributed by atoms with Gasteiger partial charge in [-0.25, -0.2) is 0 Å². The molecule has 0 radical (unpaired) electrons. The third-order valence-electron chi connectivity index (χ3n) is 8.47. The molecule has 0 saturated carbocycles. The van der Waals surface area contributed by atoms with Crippen LogP contribution >= 0.6 is 50.3 Å². The van der Waals surface area contributed by atoms with Crippen molar-refractivity contribution in [1.29, 1.82) is 0 Å². The minimum atomic E-state index is -1.91. The van der Waals surface area contributed by atoms with Crippen molar-refractivity contribution in [3.8, 4) is 20.3 Å². The highest BCUT2D eigenvalue weighted by molar-refractivity contribution is 9.10. The number of rotatable bonds is 13. The van der Waals surface area contributed by atoms with Gasteiger partial charge in [0.25, 0.3) is 0 Å². The van der Waals surface area contributed by atoms with Crippen molar-refractivity contribution >= 4 is 79.8 Å². The molecule has 2 unspecified atom stereocenters. The summed E-state index contributed by atoms with van der Waals surface area (Å²) in [7, 11) is -1.91. The number of hydrogen-bond donors (Lipinski definition) is 0. The number of thiophene rings is 2. The third-order valence-corrected chi connectivity index (χ3v) is 17.6. The quantitative estimate of drug-likeness (QED) is 0.138. The van der Waals surface area contributed by atoms with E-state index in [4.69, 9.17) is 4.98 Å². The molecule has 0 N–H and O–H groups in total. The van der Waals surface area contributed by atoms with Crippen LogP contribution in [-0.4, -0.2) is 21.8 Å². The molecular weight excluding hydrogens is 595 g/mol. The molecule has 0 amide bonds. The summed E-state index contributed by atoms with van der Waals surface area (Å²) < 4.78 is 10.1. The van der Waals surface area contributed by atoms with Crippen molar-refractivity contribution in [3.05, 3.63) is 28.2 Å². The standard InChI is InChI=1S/C29H38BrN3S3Si/c1-5-9-11-19(7-3)17-37(18-20(8-4)12-10-6-2)23-13-14-34-28(23)29-24(37)15-22(35-29)26-27-25(32-36-33-27)21(30)16-31-26/h13-16,19-20H,5-12,17-18H2,1-4H3. The topological polar surface area (TPSA) is 38.7 Å². The molecule has 0 bridgehead atoms. The van der Waals surface area contributed by atoms with E-state index < -0.39 is 8.07 Å². The first-order valence-corrected chi connectivity index (χ1v) is 19.7. The number of nitrogens with zero attached hydrogens (tertiary/aromatic N) is 3. The van der Waals surface area contributed by atoms with Crippen LogP contribution in [0, 0.1) is 11.8 Å². The fourth-order valence-electron chi connectivity index (χ4n) is 6.36. The van der Waals surface area contributed by atoms with Crippen LogP contribution in [0.2, 0.25) is 12.1 Å². The smallest absolute Gasteiger partial charge is 0.133 e. The summed E-state index contributed by atoms with van der Waals surface area (Å²) in [5.41, 5.74) is 2.87. The van der Waals surface area contributed by atoms with E-state index in [1.165, 1.54) is 80.1 Å². The first-order valence-electron chi connectivity index (χ1n) is 14.1. The van der Waals surface area contributed by atoms with Crippen LogP contribution < -0.4 is 10.4 Å². The van der Waals surface area contributed by atoms with E-state index in [0.717, 1.165) is 33.0 Å². The van der Waals surface area contributed by atoms with Gasteiger partial charge in [-0.15, -0.1) is 22.7 Å². The highest BCUT2D eigenvalue weighted by Crippen LogP contribution is 2.46. The summed E-state index contributed by atoms with van der Waals surface area (Å²) in [6, 6.07) is 7.89. The van der Waals surface area contributed by atoms with Crippen LogP contribution in [0.15, 0.2) is 28.2 Å². The SMILES string of the molecule is CCCCC(CC)C[Si]1(CC(CC)CCCC)c2ccsc2-c2sc(-c3ncc(Br)c4nsnc34)cc21. The monoisotopic (exact) mass is 631 g/mol. The van der Waals surface area contributed by atoms with Crippen molar-refractivity contribution in [2.75, 3.05) is 0 Å². The third kappa shape index (κ3) is 5.18. The van der Waals surface area contributed by atoms with E-state index in [1.54, 1.807) is 20.1 Å². The zero-order chi connectivity index (χ0) is 26.0. The van der Waals surface area contributed by atoms with Crippen LogP contribution in [0.3, 0.4) is 0 Å². The summed E-state index contributed by atoms with van der Waals surface area (Å²) in [5.74, 6) is 1.63. The van der Waals surface area contributed by atoms with Crippen LogP contribution in [0.1, 0.15) is 79.1 Å². The molecule has 0 saturated heterocycles. The van der Waals surface area contributed by atoms with E-state index in [9.17, 15) is 0 Å². The fraction of sp³-hybridized carbons (Fsp3) is 0.552. The maximum Gasteiger partial charge on any atom is 0.133 e. The molecule has 1 aliphatic heterocycles.